The Bertz CT molecular complexity index is 635. The van der Waals surface area contributed by atoms with Gasteiger partial charge in [-0.1, -0.05) is 20.8 Å². The highest BCUT2D eigenvalue weighted by Crippen LogP contribution is 2.42. The summed E-state index contributed by atoms with van der Waals surface area (Å²) in [7, 11) is 1.68. The van der Waals surface area contributed by atoms with E-state index < -0.39 is 0 Å². The fourth-order valence-electron chi connectivity index (χ4n) is 2.42. The summed E-state index contributed by atoms with van der Waals surface area (Å²) in [6.45, 7) is 8.27. The fraction of sp³-hybridized carbons (Fsp3) is 0.500. The molecule has 0 saturated carbocycles. The zero-order valence-electron chi connectivity index (χ0n) is 12.8. The van der Waals surface area contributed by atoms with Crippen molar-refractivity contribution in [1.82, 2.24) is 5.32 Å². The lowest BCUT2D eigenvalue weighted by atomic mass is 10.1. The van der Waals surface area contributed by atoms with Gasteiger partial charge in [-0.3, -0.25) is 0 Å². The molecular weight excluding hydrogens is 398 g/mol. The van der Waals surface area contributed by atoms with E-state index in [0.717, 1.165) is 50.9 Å². The molecule has 0 unspecified atom stereocenters. The third-order valence-electron chi connectivity index (χ3n) is 3.41. The second kappa shape index (κ2) is 7.16. The molecule has 0 aliphatic heterocycles. The van der Waals surface area contributed by atoms with Crippen LogP contribution in [0.2, 0.25) is 0 Å². The third-order valence-corrected chi connectivity index (χ3v) is 4.79. The molecule has 0 bridgehead atoms. The zero-order chi connectivity index (χ0) is 15.6. The number of hydrogen-bond donors (Lipinski definition) is 1. The van der Waals surface area contributed by atoms with Crippen molar-refractivity contribution in [2.45, 2.75) is 33.7 Å². The number of nitrogens with one attached hydrogen (secondary N) is 1. The molecule has 0 radical (unpaired) electrons. The standard InChI is InChI=1S/C16H21Br2NO2/c1-5-10-13(8-19-7-9(2)3)21-16-11(17)6-12(20-4)15(18)14(10)16/h6,9,19H,5,7-8H2,1-4H3. The Kier molecular flexibility index (Phi) is 5.74. The van der Waals surface area contributed by atoms with Crippen LogP contribution in [-0.4, -0.2) is 13.7 Å². The van der Waals surface area contributed by atoms with Gasteiger partial charge in [-0.25, -0.2) is 0 Å². The molecule has 1 N–H and O–H groups in total. The molecule has 2 rings (SSSR count). The number of benzene rings is 1. The summed E-state index contributed by atoms with van der Waals surface area (Å²) >= 11 is 7.22. The molecule has 1 heterocycles. The third kappa shape index (κ3) is 3.46. The van der Waals surface area contributed by atoms with Gasteiger partial charge in [-0.2, -0.15) is 0 Å². The molecule has 0 atom stereocenters. The molecule has 3 nitrogen and oxygen atoms in total. The van der Waals surface area contributed by atoms with Crippen molar-refractivity contribution >= 4 is 42.8 Å². The second-order valence-corrected chi connectivity index (χ2v) is 7.11. The van der Waals surface area contributed by atoms with Gasteiger partial charge in [0.15, 0.2) is 0 Å². The maximum absolute atomic E-state index is 6.09. The quantitative estimate of drug-likeness (QED) is 0.693. The summed E-state index contributed by atoms with van der Waals surface area (Å²) in [5.74, 6) is 2.44. The van der Waals surface area contributed by atoms with Gasteiger partial charge in [0.05, 0.1) is 22.6 Å². The van der Waals surface area contributed by atoms with Crippen LogP contribution < -0.4 is 10.1 Å². The zero-order valence-corrected chi connectivity index (χ0v) is 16.0. The van der Waals surface area contributed by atoms with Crippen LogP contribution in [0.3, 0.4) is 0 Å². The minimum absolute atomic E-state index is 0.623. The van der Waals surface area contributed by atoms with Crippen molar-refractivity contribution in [3.05, 3.63) is 26.3 Å². The van der Waals surface area contributed by atoms with Crippen LogP contribution in [0.4, 0.5) is 0 Å². The van der Waals surface area contributed by atoms with Crippen LogP contribution in [0.5, 0.6) is 5.75 Å². The number of furan rings is 1. The van der Waals surface area contributed by atoms with Crippen LogP contribution >= 0.6 is 31.9 Å². The van der Waals surface area contributed by atoms with E-state index >= 15 is 0 Å². The molecule has 0 aliphatic rings. The predicted octanol–water partition coefficient (Wildman–Crippen LogP) is 5.27. The van der Waals surface area contributed by atoms with Crippen molar-refractivity contribution in [1.29, 1.82) is 0 Å². The molecule has 0 fully saturated rings. The van der Waals surface area contributed by atoms with Gasteiger partial charge in [0.2, 0.25) is 0 Å². The van der Waals surface area contributed by atoms with E-state index in [0.29, 0.717) is 5.92 Å². The van der Waals surface area contributed by atoms with Crippen molar-refractivity contribution in [2.24, 2.45) is 5.92 Å². The van der Waals surface area contributed by atoms with Crippen LogP contribution in [-0.2, 0) is 13.0 Å². The Labute approximate surface area is 142 Å². The van der Waals surface area contributed by atoms with E-state index in [1.165, 1.54) is 5.56 Å². The number of ether oxygens (including phenoxy) is 1. The average Bonchev–Trinajstić information content (AvgIpc) is 2.81. The maximum atomic E-state index is 6.09. The minimum Gasteiger partial charge on any atom is -0.496 e. The first kappa shape index (κ1) is 16.8. The highest BCUT2D eigenvalue weighted by molar-refractivity contribution is 9.11. The van der Waals surface area contributed by atoms with Gasteiger partial charge < -0.3 is 14.5 Å². The Morgan fingerprint density at radius 2 is 2.05 bits per heavy atom. The Morgan fingerprint density at radius 1 is 1.33 bits per heavy atom. The van der Waals surface area contributed by atoms with Crippen molar-refractivity contribution in [3.8, 4) is 5.75 Å². The summed E-state index contributed by atoms with van der Waals surface area (Å²) < 4.78 is 13.4. The molecule has 2 aromatic rings. The predicted molar refractivity (Wildman–Crippen MR) is 94.1 cm³/mol. The number of fused-ring (bicyclic) bond motifs is 1. The highest BCUT2D eigenvalue weighted by Gasteiger charge is 2.20. The lowest BCUT2D eigenvalue weighted by Crippen LogP contribution is -2.19. The molecular formula is C16H21Br2NO2. The molecule has 0 amide bonds. The lowest BCUT2D eigenvalue weighted by molar-refractivity contribution is 0.412. The molecule has 5 heteroatoms. The average molecular weight is 419 g/mol. The summed E-state index contributed by atoms with van der Waals surface area (Å²) in [6, 6.07) is 1.93. The molecule has 21 heavy (non-hydrogen) atoms. The Morgan fingerprint density at radius 3 is 2.62 bits per heavy atom. The van der Waals surface area contributed by atoms with Gasteiger partial charge in [0.1, 0.15) is 17.1 Å². The molecule has 0 saturated heterocycles. The SMILES string of the molecule is CCc1c(CNCC(C)C)oc2c(Br)cc(OC)c(Br)c12. The summed E-state index contributed by atoms with van der Waals surface area (Å²) in [5, 5.41) is 4.55. The Balaban J connectivity index is 2.48. The smallest absolute Gasteiger partial charge is 0.150 e. The summed E-state index contributed by atoms with van der Waals surface area (Å²) in [5.41, 5.74) is 2.11. The van der Waals surface area contributed by atoms with Gasteiger partial charge in [-0.15, -0.1) is 0 Å². The molecule has 1 aromatic heterocycles. The first-order valence-electron chi connectivity index (χ1n) is 7.16. The highest BCUT2D eigenvalue weighted by atomic mass is 79.9. The fourth-order valence-corrected chi connectivity index (χ4v) is 3.60. The number of aryl methyl sites for hydroxylation is 1. The summed E-state index contributed by atoms with van der Waals surface area (Å²) in [4.78, 5) is 0. The van der Waals surface area contributed by atoms with E-state index in [-0.39, 0.29) is 0 Å². The molecule has 0 spiro atoms. The first-order chi connectivity index (χ1) is 9.99. The summed E-state index contributed by atoms with van der Waals surface area (Å²) in [6.07, 6.45) is 0.921. The molecule has 1 aromatic carbocycles. The van der Waals surface area contributed by atoms with Crippen molar-refractivity contribution in [3.63, 3.8) is 0 Å². The van der Waals surface area contributed by atoms with Crippen LogP contribution in [0.1, 0.15) is 32.1 Å². The van der Waals surface area contributed by atoms with Crippen molar-refractivity contribution < 1.29 is 9.15 Å². The molecule has 0 aliphatic carbocycles. The topological polar surface area (TPSA) is 34.4 Å². The number of rotatable bonds is 6. The van der Waals surface area contributed by atoms with E-state index in [4.69, 9.17) is 9.15 Å². The van der Waals surface area contributed by atoms with E-state index in [9.17, 15) is 0 Å². The largest absolute Gasteiger partial charge is 0.496 e. The van der Waals surface area contributed by atoms with Gasteiger partial charge >= 0.3 is 0 Å². The van der Waals surface area contributed by atoms with Crippen molar-refractivity contribution in [2.75, 3.05) is 13.7 Å². The second-order valence-electron chi connectivity index (χ2n) is 5.46. The van der Waals surface area contributed by atoms with Gasteiger partial charge in [-0.05, 0) is 56.8 Å². The number of methoxy groups -OCH3 is 1. The normalized spacial score (nSPS) is 11.6. The first-order valence-corrected chi connectivity index (χ1v) is 8.75. The number of hydrogen-bond acceptors (Lipinski definition) is 3. The monoisotopic (exact) mass is 417 g/mol. The minimum atomic E-state index is 0.623. The van der Waals surface area contributed by atoms with Gasteiger partial charge in [0.25, 0.3) is 0 Å². The van der Waals surface area contributed by atoms with Crippen LogP contribution in [0.25, 0.3) is 11.0 Å². The van der Waals surface area contributed by atoms with E-state index in [1.54, 1.807) is 7.11 Å². The molecule has 116 valence electrons. The van der Waals surface area contributed by atoms with Crippen LogP contribution in [0, 0.1) is 5.92 Å². The van der Waals surface area contributed by atoms with E-state index in [2.05, 4.69) is 57.9 Å². The maximum Gasteiger partial charge on any atom is 0.150 e. The Hall–Kier alpha value is -0.520. The van der Waals surface area contributed by atoms with Crippen LogP contribution in [0.15, 0.2) is 19.4 Å². The van der Waals surface area contributed by atoms with E-state index in [1.807, 2.05) is 6.07 Å². The van der Waals surface area contributed by atoms with Gasteiger partial charge in [0, 0.05) is 10.9 Å². The number of halogens is 2. The lowest BCUT2D eigenvalue weighted by Gasteiger charge is -2.07.